The molecule has 2 heterocycles. The molecule has 1 unspecified atom stereocenters. The molecule has 92 valence electrons. The highest BCUT2D eigenvalue weighted by atomic mass is 16.5. The van der Waals surface area contributed by atoms with Crippen LogP contribution in [0.5, 0.6) is 0 Å². The average molecular weight is 236 g/mol. The first-order chi connectivity index (χ1) is 8.01. The van der Waals surface area contributed by atoms with Gasteiger partial charge in [-0.25, -0.2) is 9.97 Å². The van der Waals surface area contributed by atoms with Crippen molar-refractivity contribution in [2.45, 2.75) is 19.4 Å². The van der Waals surface area contributed by atoms with Crippen LogP contribution in [0.1, 0.15) is 12.6 Å². The Balaban J connectivity index is 2.20. The van der Waals surface area contributed by atoms with Crippen LogP contribution in [0, 0.1) is 6.92 Å². The molecule has 1 aliphatic rings. The molecule has 2 rings (SSSR count). The van der Waals surface area contributed by atoms with Crippen molar-refractivity contribution in [2.24, 2.45) is 5.73 Å². The van der Waals surface area contributed by atoms with Crippen LogP contribution in [0.3, 0.4) is 0 Å². The minimum Gasteiger partial charge on any atom is -0.367 e. The van der Waals surface area contributed by atoms with Crippen LogP contribution in [0.25, 0.3) is 0 Å². The summed E-state index contributed by atoms with van der Waals surface area (Å²) in [4.78, 5) is 21.6. The van der Waals surface area contributed by atoms with Gasteiger partial charge in [0.15, 0.2) is 5.60 Å². The van der Waals surface area contributed by atoms with Crippen molar-refractivity contribution in [3.8, 4) is 0 Å². The fraction of sp³-hybridized carbons (Fsp3) is 0.545. The molecule has 6 heteroatoms. The van der Waals surface area contributed by atoms with Gasteiger partial charge in [-0.3, -0.25) is 4.79 Å². The summed E-state index contributed by atoms with van der Waals surface area (Å²) >= 11 is 0. The van der Waals surface area contributed by atoms with E-state index in [2.05, 4.69) is 9.97 Å². The minimum atomic E-state index is -0.947. The summed E-state index contributed by atoms with van der Waals surface area (Å²) in [6.07, 6.45) is 1.52. The van der Waals surface area contributed by atoms with Crippen LogP contribution in [0.2, 0.25) is 0 Å². The molecular formula is C11H16N4O2. The van der Waals surface area contributed by atoms with Gasteiger partial charge in [-0.2, -0.15) is 0 Å². The summed E-state index contributed by atoms with van der Waals surface area (Å²) < 4.78 is 5.45. The summed E-state index contributed by atoms with van der Waals surface area (Å²) in [5, 5.41) is 0. The predicted molar refractivity (Wildman–Crippen MR) is 62.5 cm³/mol. The second kappa shape index (κ2) is 4.29. The Morgan fingerprint density at radius 3 is 3.00 bits per heavy atom. The molecule has 1 amide bonds. The molecular weight excluding hydrogens is 220 g/mol. The summed E-state index contributed by atoms with van der Waals surface area (Å²) in [6.45, 7) is 5.18. The Kier molecular flexibility index (Phi) is 2.97. The molecule has 17 heavy (non-hydrogen) atoms. The number of aromatic nitrogens is 2. The Hall–Kier alpha value is -1.69. The van der Waals surface area contributed by atoms with Crippen molar-refractivity contribution in [3.63, 3.8) is 0 Å². The van der Waals surface area contributed by atoms with Crippen molar-refractivity contribution in [1.29, 1.82) is 0 Å². The maximum absolute atomic E-state index is 11.4. The second-order valence-electron chi connectivity index (χ2n) is 4.38. The van der Waals surface area contributed by atoms with Crippen LogP contribution >= 0.6 is 0 Å². The predicted octanol–water partition coefficient (Wildman–Crippen LogP) is -0.134. The summed E-state index contributed by atoms with van der Waals surface area (Å²) in [5.41, 5.74) is 5.29. The van der Waals surface area contributed by atoms with Gasteiger partial charge in [0.2, 0.25) is 0 Å². The number of carbonyl (C=O) groups excluding carboxylic acids is 1. The van der Waals surface area contributed by atoms with Crippen molar-refractivity contribution < 1.29 is 9.53 Å². The number of hydrogen-bond donors (Lipinski definition) is 1. The zero-order chi connectivity index (χ0) is 12.5. The molecule has 1 aromatic rings. The fourth-order valence-corrected chi connectivity index (χ4v) is 1.83. The number of nitrogens with zero attached hydrogens (tertiary/aromatic N) is 3. The maximum Gasteiger partial charge on any atom is 0.251 e. The number of hydrogen-bond acceptors (Lipinski definition) is 5. The van der Waals surface area contributed by atoms with Gasteiger partial charge in [-0.15, -0.1) is 0 Å². The van der Waals surface area contributed by atoms with E-state index in [1.165, 1.54) is 6.33 Å². The van der Waals surface area contributed by atoms with E-state index in [1.807, 2.05) is 17.9 Å². The van der Waals surface area contributed by atoms with E-state index < -0.39 is 11.5 Å². The normalized spacial score (nSPS) is 24.7. The van der Waals surface area contributed by atoms with Crippen LogP contribution in [-0.2, 0) is 9.53 Å². The van der Waals surface area contributed by atoms with E-state index in [9.17, 15) is 4.79 Å². The van der Waals surface area contributed by atoms with Crippen molar-refractivity contribution in [3.05, 3.63) is 18.1 Å². The number of amides is 1. The topological polar surface area (TPSA) is 81.3 Å². The molecule has 1 saturated heterocycles. The van der Waals surface area contributed by atoms with Crippen molar-refractivity contribution in [1.82, 2.24) is 9.97 Å². The molecule has 1 atom stereocenters. The monoisotopic (exact) mass is 236 g/mol. The zero-order valence-electron chi connectivity index (χ0n) is 10.0. The van der Waals surface area contributed by atoms with Gasteiger partial charge in [0.1, 0.15) is 12.1 Å². The highest BCUT2D eigenvalue weighted by Gasteiger charge is 2.38. The van der Waals surface area contributed by atoms with Crippen LogP contribution < -0.4 is 10.6 Å². The molecule has 1 fully saturated rings. The summed E-state index contributed by atoms with van der Waals surface area (Å²) in [6, 6.07) is 1.88. The van der Waals surface area contributed by atoms with Crippen molar-refractivity contribution >= 4 is 11.7 Å². The average Bonchev–Trinajstić information content (AvgIpc) is 2.29. The van der Waals surface area contributed by atoms with Gasteiger partial charge in [0, 0.05) is 18.3 Å². The lowest BCUT2D eigenvalue weighted by Crippen LogP contribution is -2.57. The number of anilines is 1. The van der Waals surface area contributed by atoms with E-state index in [0.717, 1.165) is 11.5 Å². The number of nitrogens with two attached hydrogens (primary N) is 1. The van der Waals surface area contributed by atoms with Crippen molar-refractivity contribution in [2.75, 3.05) is 24.6 Å². The standard InChI is InChI=1S/C11H16N4O2/c1-8-5-9(14-7-13-8)15-3-4-17-11(2,6-15)10(12)16/h5,7H,3-4,6H2,1-2H3,(H2,12,16). The zero-order valence-corrected chi connectivity index (χ0v) is 10.0. The maximum atomic E-state index is 11.4. The third-order valence-electron chi connectivity index (χ3n) is 2.91. The number of carbonyl (C=O) groups is 1. The molecule has 1 aliphatic heterocycles. The second-order valence-corrected chi connectivity index (χ2v) is 4.38. The third kappa shape index (κ3) is 2.36. The first kappa shape index (κ1) is 11.8. The highest BCUT2D eigenvalue weighted by molar-refractivity contribution is 5.84. The number of primary amides is 1. The van der Waals surface area contributed by atoms with E-state index >= 15 is 0 Å². The molecule has 0 aliphatic carbocycles. The first-order valence-electron chi connectivity index (χ1n) is 5.49. The van der Waals surface area contributed by atoms with E-state index in [-0.39, 0.29) is 0 Å². The van der Waals surface area contributed by atoms with Crippen LogP contribution in [-0.4, -0.2) is 41.2 Å². The smallest absolute Gasteiger partial charge is 0.251 e. The van der Waals surface area contributed by atoms with Gasteiger partial charge in [0.05, 0.1) is 13.2 Å². The Morgan fingerprint density at radius 1 is 1.59 bits per heavy atom. The van der Waals surface area contributed by atoms with Gasteiger partial charge in [0.25, 0.3) is 5.91 Å². The van der Waals surface area contributed by atoms with Gasteiger partial charge in [-0.05, 0) is 13.8 Å². The Bertz CT molecular complexity index is 437. The quantitative estimate of drug-likeness (QED) is 0.773. The lowest BCUT2D eigenvalue weighted by Gasteiger charge is -2.38. The molecule has 0 bridgehead atoms. The third-order valence-corrected chi connectivity index (χ3v) is 2.91. The van der Waals surface area contributed by atoms with E-state index in [0.29, 0.717) is 19.7 Å². The van der Waals surface area contributed by atoms with E-state index in [1.54, 1.807) is 6.92 Å². The minimum absolute atomic E-state index is 0.415. The SMILES string of the molecule is Cc1cc(N2CCOC(C)(C(N)=O)C2)ncn1. The largest absolute Gasteiger partial charge is 0.367 e. The lowest BCUT2D eigenvalue weighted by atomic mass is 10.0. The Morgan fingerprint density at radius 2 is 2.35 bits per heavy atom. The number of morpholine rings is 1. The lowest BCUT2D eigenvalue weighted by molar-refractivity contribution is -0.142. The molecule has 0 aromatic carbocycles. The summed E-state index contributed by atoms with van der Waals surface area (Å²) in [7, 11) is 0. The van der Waals surface area contributed by atoms with E-state index in [4.69, 9.17) is 10.5 Å². The molecule has 0 radical (unpaired) electrons. The molecule has 2 N–H and O–H groups in total. The van der Waals surface area contributed by atoms with Gasteiger partial charge < -0.3 is 15.4 Å². The fourth-order valence-electron chi connectivity index (χ4n) is 1.83. The van der Waals surface area contributed by atoms with Gasteiger partial charge >= 0.3 is 0 Å². The molecule has 0 saturated carbocycles. The first-order valence-corrected chi connectivity index (χ1v) is 5.49. The number of aryl methyl sites for hydroxylation is 1. The highest BCUT2D eigenvalue weighted by Crippen LogP contribution is 2.21. The molecule has 1 aromatic heterocycles. The van der Waals surface area contributed by atoms with Crippen LogP contribution in [0.4, 0.5) is 5.82 Å². The van der Waals surface area contributed by atoms with Crippen LogP contribution in [0.15, 0.2) is 12.4 Å². The molecule has 0 spiro atoms. The Labute approximate surface area is 99.8 Å². The summed E-state index contributed by atoms with van der Waals surface area (Å²) in [5.74, 6) is 0.348. The van der Waals surface area contributed by atoms with Gasteiger partial charge in [-0.1, -0.05) is 0 Å². The number of ether oxygens (including phenoxy) is 1. The number of rotatable bonds is 2. The molecule has 6 nitrogen and oxygen atoms in total.